The van der Waals surface area contributed by atoms with E-state index in [-0.39, 0.29) is 36.0 Å². The van der Waals surface area contributed by atoms with Gasteiger partial charge in [-0.25, -0.2) is 13.2 Å². The quantitative estimate of drug-likeness (QED) is 0.474. The molecule has 2 amide bonds. The van der Waals surface area contributed by atoms with Gasteiger partial charge in [-0.1, -0.05) is 35.9 Å². The lowest BCUT2D eigenvalue weighted by atomic mass is 10.0. The summed E-state index contributed by atoms with van der Waals surface area (Å²) in [6.45, 7) is 8.35. The molecule has 218 valence electrons. The molecule has 2 aliphatic heterocycles. The van der Waals surface area contributed by atoms with Crippen molar-refractivity contribution in [3.05, 3.63) is 76.8 Å². The van der Waals surface area contributed by atoms with E-state index in [9.17, 15) is 18.0 Å². The second kappa shape index (κ2) is 11.6. The van der Waals surface area contributed by atoms with E-state index in [2.05, 4.69) is 5.32 Å². The third-order valence-corrected chi connectivity index (χ3v) is 9.48. The lowest BCUT2D eigenvalue weighted by molar-refractivity contribution is 0.0117. The first-order chi connectivity index (χ1) is 19.4. The molecule has 3 aromatic rings. The van der Waals surface area contributed by atoms with Gasteiger partial charge in [0.05, 0.1) is 10.9 Å². The molecule has 0 aromatic heterocycles. The number of ether oxygens (including phenoxy) is 1. The van der Waals surface area contributed by atoms with Gasteiger partial charge in [-0.15, -0.1) is 0 Å². The number of amides is 2. The van der Waals surface area contributed by atoms with Crippen molar-refractivity contribution in [3.63, 3.8) is 0 Å². The molecule has 1 atom stereocenters. The number of fused-ring (bicyclic) bond motifs is 1. The summed E-state index contributed by atoms with van der Waals surface area (Å²) in [7, 11) is -3.71. The van der Waals surface area contributed by atoms with Crippen LogP contribution in [0.25, 0.3) is 10.8 Å². The number of hydrogen-bond donors (Lipinski definition) is 1. The number of carbonyl (C=O) groups is 2. The maximum absolute atomic E-state index is 13.3. The second-order valence-electron chi connectivity index (χ2n) is 11.4. The first-order valence-corrected chi connectivity index (χ1v) is 15.5. The number of hydrogen-bond acceptors (Lipinski definition) is 6. The number of carbonyl (C=O) groups excluding carboxylic acids is 2. The zero-order chi connectivity index (χ0) is 29.4. The molecule has 0 spiro atoms. The summed E-state index contributed by atoms with van der Waals surface area (Å²) in [6, 6.07) is 17.4. The molecule has 2 heterocycles. The molecule has 1 N–H and O–H groups in total. The van der Waals surface area contributed by atoms with E-state index in [0.29, 0.717) is 43.3 Å². The van der Waals surface area contributed by atoms with Crippen LogP contribution in [-0.2, 0) is 14.8 Å². The summed E-state index contributed by atoms with van der Waals surface area (Å²) in [5.41, 5.74) is 0.843. The average Bonchev–Trinajstić information content (AvgIpc) is 2.95. The number of rotatable bonds is 4. The summed E-state index contributed by atoms with van der Waals surface area (Å²) < 4.78 is 33.7. The maximum atomic E-state index is 13.3. The van der Waals surface area contributed by atoms with Crippen LogP contribution in [-0.4, -0.2) is 85.9 Å². The van der Waals surface area contributed by atoms with Crippen molar-refractivity contribution >= 4 is 44.4 Å². The van der Waals surface area contributed by atoms with E-state index in [4.69, 9.17) is 16.3 Å². The van der Waals surface area contributed by atoms with Gasteiger partial charge in [0.1, 0.15) is 5.60 Å². The molecule has 5 rings (SSSR count). The lowest BCUT2D eigenvalue weighted by Gasteiger charge is -2.37. The normalized spacial score (nSPS) is 18.9. The van der Waals surface area contributed by atoms with E-state index in [0.717, 1.165) is 16.3 Å². The Bertz CT molecular complexity index is 1550. The summed E-state index contributed by atoms with van der Waals surface area (Å²) in [4.78, 5) is 29.7. The fraction of sp³-hybridized carbons (Fsp3) is 0.400. The zero-order valence-corrected chi connectivity index (χ0v) is 25.0. The van der Waals surface area contributed by atoms with Gasteiger partial charge in [-0.3, -0.25) is 9.69 Å². The molecule has 0 aliphatic carbocycles. The summed E-state index contributed by atoms with van der Waals surface area (Å²) >= 11 is 6.05. The Morgan fingerprint density at radius 2 is 1.56 bits per heavy atom. The monoisotopic (exact) mass is 598 g/mol. The van der Waals surface area contributed by atoms with Crippen molar-refractivity contribution in [1.82, 2.24) is 19.4 Å². The van der Waals surface area contributed by atoms with Crippen molar-refractivity contribution in [3.8, 4) is 0 Å². The predicted octanol–water partition coefficient (Wildman–Crippen LogP) is 4.52. The number of nitrogens with one attached hydrogen (secondary N) is 1. The Hall–Kier alpha value is -3.18. The molecule has 2 fully saturated rings. The average molecular weight is 599 g/mol. The van der Waals surface area contributed by atoms with Gasteiger partial charge in [-0.2, -0.15) is 4.31 Å². The fourth-order valence-corrected chi connectivity index (χ4v) is 6.85. The molecule has 9 nitrogen and oxygen atoms in total. The Balaban J connectivity index is 1.23. The van der Waals surface area contributed by atoms with Crippen molar-refractivity contribution in [2.24, 2.45) is 0 Å². The first-order valence-electron chi connectivity index (χ1n) is 13.7. The zero-order valence-electron chi connectivity index (χ0n) is 23.5. The minimum atomic E-state index is -3.71. The largest absolute Gasteiger partial charge is 0.444 e. The summed E-state index contributed by atoms with van der Waals surface area (Å²) in [6.07, 6.45) is -0.356. The summed E-state index contributed by atoms with van der Waals surface area (Å²) in [5.74, 6) is -0.151. The van der Waals surface area contributed by atoms with Crippen LogP contribution in [0.5, 0.6) is 0 Å². The third-order valence-electron chi connectivity index (χ3n) is 7.35. The highest BCUT2D eigenvalue weighted by Gasteiger charge is 2.33. The van der Waals surface area contributed by atoms with E-state index in [1.54, 1.807) is 58.3 Å². The minimum Gasteiger partial charge on any atom is -0.444 e. The van der Waals surface area contributed by atoms with Gasteiger partial charge in [-0.05, 0) is 73.5 Å². The SMILES string of the molecule is CC(C)(C)OC(=O)N1CCNCC1c1ccc(C(=O)N2CCN(S(=O)(=O)c3ccc4cc(Cl)ccc4c3)CC2)cc1. The Kier molecular flexibility index (Phi) is 8.29. The maximum Gasteiger partial charge on any atom is 0.410 e. The van der Waals surface area contributed by atoms with Crippen LogP contribution in [0.4, 0.5) is 4.79 Å². The van der Waals surface area contributed by atoms with E-state index in [1.807, 2.05) is 32.9 Å². The highest BCUT2D eigenvalue weighted by Crippen LogP contribution is 2.27. The minimum absolute atomic E-state index is 0.151. The van der Waals surface area contributed by atoms with Crippen LogP contribution in [0.2, 0.25) is 5.02 Å². The van der Waals surface area contributed by atoms with Gasteiger partial charge < -0.3 is 15.0 Å². The fourth-order valence-electron chi connectivity index (χ4n) is 5.21. The molecule has 3 aromatic carbocycles. The molecule has 11 heteroatoms. The van der Waals surface area contributed by atoms with Crippen molar-refractivity contribution < 1.29 is 22.7 Å². The van der Waals surface area contributed by atoms with Gasteiger partial charge in [0.25, 0.3) is 5.91 Å². The standard InChI is InChI=1S/C30H35ClN4O5S/c1-30(2,3)40-29(37)35-13-12-32-20-27(35)21-4-6-22(7-5-21)28(36)33-14-16-34(17-15-33)41(38,39)26-11-9-23-18-25(31)10-8-24(23)19-26/h4-11,18-19,27,32H,12-17,20H2,1-3H3. The van der Waals surface area contributed by atoms with Crippen LogP contribution in [0.15, 0.2) is 65.6 Å². The van der Waals surface area contributed by atoms with Crippen molar-refractivity contribution in [1.29, 1.82) is 0 Å². The Morgan fingerprint density at radius 3 is 2.24 bits per heavy atom. The van der Waals surface area contributed by atoms with Crippen LogP contribution in [0.1, 0.15) is 42.7 Å². The number of sulfonamides is 1. The van der Waals surface area contributed by atoms with Crippen molar-refractivity contribution in [2.75, 3.05) is 45.8 Å². The smallest absolute Gasteiger partial charge is 0.410 e. The molecule has 2 aliphatic rings. The van der Waals surface area contributed by atoms with Crippen molar-refractivity contribution in [2.45, 2.75) is 37.3 Å². The lowest BCUT2D eigenvalue weighted by Crippen LogP contribution is -2.50. The number of halogens is 1. The molecule has 0 bridgehead atoms. The van der Waals surface area contributed by atoms with Gasteiger partial charge in [0.15, 0.2) is 0 Å². The number of nitrogens with zero attached hydrogens (tertiary/aromatic N) is 3. The van der Waals surface area contributed by atoms with Crippen LogP contribution < -0.4 is 5.32 Å². The second-order valence-corrected chi connectivity index (χ2v) is 13.7. The van der Waals surface area contributed by atoms with Crippen LogP contribution in [0.3, 0.4) is 0 Å². The Morgan fingerprint density at radius 1 is 0.902 bits per heavy atom. The topological polar surface area (TPSA) is 99.3 Å². The van der Waals surface area contributed by atoms with Crippen LogP contribution in [0, 0.1) is 0 Å². The molecule has 2 saturated heterocycles. The molecule has 1 unspecified atom stereocenters. The van der Waals surface area contributed by atoms with Gasteiger partial charge in [0.2, 0.25) is 10.0 Å². The highest BCUT2D eigenvalue weighted by molar-refractivity contribution is 7.89. The molecular formula is C30H35ClN4O5S. The number of benzene rings is 3. The van der Waals surface area contributed by atoms with Gasteiger partial charge >= 0.3 is 6.09 Å². The van der Waals surface area contributed by atoms with E-state index < -0.39 is 15.6 Å². The Labute approximate surface area is 246 Å². The van der Waals surface area contributed by atoms with Gasteiger partial charge in [0, 0.05) is 56.4 Å². The predicted molar refractivity (Wildman–Crippen MR) is 159 cm³/mol. The summed E-state index contributed by atoms with van der Waals surface area (Å²) in [5, 5.41) is 5.59. The molecular weight excluding hydrogens is 564 g/mol. The first kappa shape index (κ1) is 29.3. The molecule has 41 heavy (non-hydrogen) atoms. The van der Waals surface area contributed by atoms with E-state index >= 15 is 0 Å². The van der Waals surface area contributed by atoms with Crippen LogP contribution >= 0.6 is 11.6 Å². The highest BCUT2D eigenvalue weighted by atomic mass is 35.5. The third kappa shape index (κ3) is 6.51. The number of piperazine rings is 2. The molecule has 0 radical (unpaired) electrons. The van der Waals surface area contributed by atoms with E-state index in [1.165, 1.54) is 4.31 Å². The molecule has 0 saturated carbocycles.